The first-order valence-electron chi connectivity index (χ1n) is 8.36. The lowest BCUT2D eigenvalue weighted by molar-refractivity contribution is 0.200. The molecule has 136 valence electrons. The Labute approximate surface area is 159 Å². The molecule has 5 nitrogen and oxygen atoms in total. The van der Waals surface area contributed by atoms with Gasteiger partial charge in [0.1, 0.15) is 5.15 Å². The number of aliphatic hydroxyl groups is 1. The number of nitrogens with zero attached hydrogens (tertiary/aromatic N) is 2. The highest BCUT2D eigenvalue weighted by Gasteiger charge is 2.12. The Kier molecular flexibility index (Phi) is 4.51. The first kappa shape index (κ1) is 17.5. The van der Waals surface area contributed by atoms with E-state index in [1.807, 2.05) is 36.4 Å². The average Bonchev–Trinajstić information content (AvgIpc) is 3.04. The van der Waals surface area contributed by atoms with Crippen molar-refractivity contribution < 1.29 is 9.50 Å². The van der Waals surface area contributed by atoms with Crippen LogP contribution >= 0.6 is 11.6 Å². The Hall–Kier alpha value is -2.96. The molecule has 2 heterocycles. The molecule has 1 atom stereocenters. The summed E-state index contributed by atoms with van der Waals surface area (Å²) < 4.78 is 13.8. The molecule has 0 saturated heterocycles. The normalized spacial score (nSPS) is 12.3. The molecule has 7 heteroatoms. The molecular formula is C20H16ClFN4O. The number of H-pyrrole nitrogens is 1. The number of aromatic amines is 1. The number of aromatic nitrogens is 3. The van der Waals surface area contributed by atoms with E-state index in [1.54, 1.807) is 25.3 Å². The minimum atomic E-state index is -0.611. The van der Waals surface area contributed by atoms with Crippen LogP contribution in [0, 0.1) is 5.95 Å². The number of halogens is 2. The van der Waals surface area contributed by atoms with Crippen LogP contribution in [0.15, 0.2) is 54.7 Å². The van der Waals surface area contributed by atoms with Crippen molar-refractivity contribution in [3.8, 4) is 11.1 Å². The van der Waals surface area contributed by atoms with Crippen molar-refractivity contribution >= 4 is 33.9 Å². The quantitative estimate of drug-likeness (QED) is 0.423. The molecule has 0 aliphatic carbocycles. The monoisotopic (exact) mass is 382 g/mol. The van der Waals surface area contributed by atoms with Gasteiger partial charge in [0.2, 0.25) is 5.95 Å². The molecule has 0 fully saturated rings. The van der Waals surface area contributed by atoms with Gasteiger partial charge in [0.25, 0.3) is 0 Å². The molecule has 0 aliphatic rings. The maximum Gasteiger partial charge on any atom is 0.216 e. The Balaban J connectivity index is 1.74. The van der Waals surface area contributed by atoms with Gasteiger partial charge in [-0.3, -0.25) is 5.10 Å². The smallest absolute Gasteiger partial charge is 0.216 e. The van der Waals surface area contributed by atoms with E-state index in [-0.39, 0.29) is 0 Å². The number of aliphatic hydroxyl groups excluding tert-OH is 1. The van der Waals surface area contributed by atoms with Gasteiger partial charge in [-0.25, -0.2) is 4.98 Å². The first-order valence-corrected chi connectivity index (χ1v) is 8.74. The van der Waals surface area contributed by atoms with Crippen LogP contribution in [-0.2, 0) is 0 Å². The molecule has 1 unspecified atom stereocenters. The predicted molar refractivity (Wildman–Crippen MR) is 105 cm³/mol. The van der Waals surface area contributed by atoms with E-state index in [2.05, 4.69) is 20.5 Å². The van der Waals surface area contributed by atoms with E-state index < -0.39 is 12.1 Å². The van der Waals surface area contributed by atoms with E-state index in [0.717, 1.165) is 16.8 Å². The Morgan fingerprint density at radius 3 is 2.81 bits per heavy atom. The van der Waals surface area contributed by atoms with Crippen molar-refractivity contribution in [1.82, 2.24) is 15.2 Å². The molecule has 0 saturated carbocycles. The van der Waals surface area contributed by atoms with E-state index in [1.165, 1.54) is 0 Å². The predicted octanol–water partition coefficient (Wildman–Crippen LogP) is 5.21. The number of benzene rings is 2. The van der Waals surface area contributed by atoms with Gasteiger partial charge in [0, 0.05) is 16.8 Å². The zero-order chi connectivity index (χ0) is 19.0. The van der Waals surface area contributed by atoms with Gasteiger partial charge in [-0.2, -0.15) is 9.49 Å². The lowest BCUT2D eigenvalue weighted by Gasteiger charge is -2.15. The first-order chi connectivity index (χ1) is 13.0. The van der Waals surface area contributed by atoms with Crippen LogP contribution < -0.4 is 5.32 Å². The van der Waals surface area contributed by atoms with Gasteiger partial charge in [0.05, 0.1) is 28.9 Å². The number of nitrogens with one attached hydrogen (secondary N) is 2. The third kappa shape index (κ3) is 3.37. The summed E-state index contributed by atoms with van der Waals surface area (Å²) in [6, 6.07) is 14.6. The molecule has 0 spiro atoms. The number of para-hydroxylation sites is 1. The van der Waals surface area contributed by atoms with Gasteiger partial charge >= 0.3 is 0 Å². The number of anilines is 2. The second-order valence-corrected chi connectivity index (χ2v) is 6.58. The zero-order valence-corrected chi connectivity index (χ0v) is 15.1. The standard InChI is InChI=1S/C20H16ClFN4O/c1-11(27)14-4-2-3-5-17(14)24-13-9-15(19(21)23-10-13)12-6-7-18-16(8-12)20(22)26-25-18/h2-11,24,27H,1H3,(H,25,26). The summed E-state index contributed by atoms with van der Waals surface area (Å²) in [6.45, 7) is 1.71. The van der Waals surface area contributed by atoms with Crippen LogP contribution in [0.5, 0.6) is 0 Å². The van der Waals surface area contributed by atoms with Gasteiger partial charge in [-0.1, -0.05) is 35.9 Å². The van der Waals surface area contributed by atoms with E-state index >= 15 is 0 Å². The Morgan fingerprint density at radius 1 is 1.19 bits per heavy atom. The minimum Gasteiger partial charge on any atom is -0.389 e. The number of pyridine rings is 1. The second-order valence-electron chi connectivity index (χ2n) is 6.22. The summed E-state index contributed by atoms with van der Waals surface area (Å²) in [5.41, 5.74) is 4.19. The fraction of sp³-hybridized carbons (Fsp3) is 0.100. The van der Waals surface area contributed by atoms with Crippen LogP contribution in [-0.4, -0.2) is 20.3 Å². The summed E-state index contributed by atoms with van der Waals surface area (Å²) in [5, 5.41) is 20.1. The molecule has 0 aliphatic heterocycles. The molecule has 4 aromatic rings. The fourth-order valence-corrected chi connectivity index (χ4v) is 3.21. The van der Waals surface area contributed by atoms with Gasteiger partial charge in [-0.05, 0) is 36.8 Å². The third-order valence-electron chi connectivity index (χ3n) is 4.35. The maximum absolute atomic E-state index is 13.8. The highest BCUT2D eigenvalue weighted by molar-refractivity contribution is 6.32. The van der Waals surface area contributed by atoms with Crippen molar-refractivity contribution in [2.24, 2.45) is 0 Å². The summed E-state index contributed by atoms with van der Waals surface area (Å²) in [7, 11) is 0. The molecular weight excluding hydrogens is 367 g/mol. The van der Waals surface area contributed by atoms with Crippen molar-refractivity contribution in [2.75, 3.05) is 5.32 Å². The molecule has 3 N–H and O–H groups in total. The summed E-state index contributed by atoms with van der Waals surface area (Å²) >= 11 is 6.28. The van der Waals surface area contributed by atoms with E-state index in [4.69, 9.17) is 11.6 Å². The highest BCUT2D eigenvalue weighted by Crippen LogP contribution is 2.33. The topological polar surface area (TPSA) is 73.8 Å². The van der Waals surface area contributed by atoms with Crippen molar-refractivity contribution in [3.05, 3.63) is 71.4 Å². The minimum absolute atomic E-state index is 0.313. The molecule has 0 bridgehead atoms. The van der Waals surface area contributed by atoms with Gasteiger partial charge < -0.3 is 10.4 Å². The molecule has 27 heavy (non-hydrogen) atoms. The molecule has 2 aromatic heterocycles. The maximum atomic E-state index is 13.8. The number of hydrogen-bond acceptors (Lipinski definition) is 4. The molecule has 2 aromatic carbocycles. The van der Waals surface area contributed by atoms with Gasteiger partial charge in [-0.15, -0.1) is 0 Å². The molecule has 0 amide bonds. The number of rotatable bonds is 4. The van der Waals surface area contributed by atoms with Crippen LogP contribution in [0.3, 0.4) is 0 Å². The summed E-state index contributed by atoms with van der Waals surface area (Å²) in [6.07, 6.45) is 1.00. The Morgan fingerprint density at radius 2 is 2.00 bits per heavy atom. The lowest BCUT2D eigenvalue weighted by atomic mass is 10.0. The van der Waals surface area contributed by atoms with Crippen LogP contribution in [0.2, 0.25) is 5.15 Å². The van der Waals surface area contributed by atoms with Crippen molar-refractivity contribution in [3.63, 3.8) is 0 Å². The molecule has 4 rings (SSSR count). The highest BCUT2D eigenvalue weighted by atomic mass is 35.5. The van der Waals surface area contributed by atoms with E-state index in [0.29, 0.717) is 27.3 Å². The average molecular weight is 383 g/mol. The van der Waals surface area contributed by atoms with Gasteiger partial charge in [0.15, 0.2) is 0 Å². The molecule has 0 radical (unpaired) electrons. The Bertz CT molecular complexity index is 1130. The lowest BCUT2D eigenvalue weighted by Crippen LogP contribution is -2.00. The van der Waals surface area contributed by atoms with Crippen molar-refractivity contribution in [1.29, 1.82) is 0 Å². The SMILES string of the molecule is CC(O)c1ccccc1Nc1cnc(Cl)c(-c2ccc3n[nH]c(F)c3c2)c1. The number of hydrogen-bond donors (Lipinski definition) is 3. The van der Waals surface area contributed by atoms with E-state index in [9.17, 15) is 9.50 Å². The largest absolute Gasteiger partial charge is 0.389 e. The third-order valence-corrected chi connectivity index (χ3v) is 4.65. The summed E-state index contributed by atoms with van der Waals surface area (Å²) in [5.74, 6) is -0.490. The van der Waals surface area contributed by atoms with Crippen LogP contribution in [0.1, 0.15) is 18.6 Å². The number of fused-ring (bicyclic) bond motifs is 1. The second kappa shape index (κ2) is 6.98. The summed E-state index contributed by atoms with van der Waals surface area (Å²) in [4.78, 5) is 4.24. The zero-order valence-electron chi connectivity index (χ0n) is 14.4. The fourth-order valence-electron chi connectivity index (χ4n) is 3.00. The van der Waals surface area contributed by atoms with Crippen molar-refractivity contribution in [2.45, 2.75) is 13.0 Å². The van der Waals surface area contributed by atoms with Crippen LogP contribution in [0.25, 0.3) is 22.0 Å². The van der Waals surface area contributed by atoms with Crippen LogP contribution in [0.4, 0.5) is 15.8 Å².